The monoisotopic (exact) mass is 317 g/mol. The van der Waals surface area contributed by atoms with E-state index >= 15 is 0 Å². The van der Waals surface area contributed by atoms with Crippen LogP contribution in [-0.2, 0) is 11.3 Å². The Morgan fingerprint density at radius 3 is 2.91 bits per heavy atom. The van der Waals surface area contributed by atoms with Gasteiger partial charge in [-0.05, 0) is 17.4 Å². The van der Waals surface area contributed by atoms with E-state index in [4.69, 9.17) is 0 Å². The summed E-state index contributed by atoms with van der Waals surface area (Å²) in [4.78, 5) is 24.1. The standard InChI is InChI=1S/C15H19N5OS/c1-9(2)11-15(21)19-12-13(18-11)16-8-17-14(12)20(3)7-10-5-4-6-22-10/h4-6,8-9,11H,7H2,1-3H3,(H,19,21)(H,16,17,18). The van der Waals surface area contributed by atoms with E-state index in [1.807, 2.05) is 31.9 Å². The first-order valence-corrected chi connectivity index (χ1v) is 8.10. The summed E-state index contributed by atoms with van der Waals surface area (Å²) < 4.78 is 0. The van der Waals surface area contributed by atoms with Crippen LogP contribution >= 0.6 is 11.3 Å². The van der Waals surface area contributed by atoms with Crippen molar-refractivity contribution < 1.29 is 4.79 Å². The Morgan fingerprint density at radius 1 is 1.41 bits per heavy atom. The van der Waals surface area contributed by atoms with Gasteiger partial charge in [0.1, 0.15) is 18.1 Å². The molecule has 22 heavy (non-hydrogen) atoms. The van der Waals surface area contributed by atoms with Gasteiger partial charge in [-0.25, -0.2) is 9.97 Å². The van der Waals surface area contributed by atoms with Crippen molar-refractivity contribution >= 4 is 34.6 Å². The van der Waals surface area contributed by atoms with Gasteiger partial charge in [0.25, 0.3) is 0 Å². The fraction of sp³-hybridized carbons (Fsp3) is 0.400. The number of nitrogens with one attached hydrogen (secondary N) is 2. The number of carbonyl (C=O) groups excluding carboxylic acids is 1. The van der Waals surface area contributed by atoms with Crippen molar-refractivity contribution in [3.63, 3.8) is 0 Å². The smallest absolute Gasteiger partial charge is 0.247 e. The predicted molar refractivity (Wildman–Crippen MR) is 89.3 cm³/mol. The molecule has 0 spiro atoms. The van der Waals surface area contributed by atoms with E-state index in [0.717, 1.165) is 12.4 Å². The first-order chi connectivity index (χ1) is 10.6. The van der Waals surface area contributed by atoms with Gasteiger partial charge in [0.15, 0.2) is 11.6 Å². The molecule has 0 saturated carbocycles. The minimum absolute atomic E-state index is 0.0388. The second-order valence-corrected chi connectivity index (χ2v) is 6.74. The molecule has 2 aromatic rings. The third-order valence-electron chi connectivity index (χ3n) is 3.65. The lowest BCUT2D eigenvalue weighted by Crippen LogP contribution is -2.43. The molecule has 2 N–H and O–H groups in total. The minimum atomic E-state index is -0.266. The second-order valence-electron chi connectivity index (χ2n) is 5.71. The molecular weight excluding hydrogens is 298 g/mol. The number of hydrogen-bond donors (Lipinski definition) is 2. The number of fused-ring (bicyclic) bond motifs is 1. The van der Waals surface area contributed by atoms with Crippen LogP contribution in [0.3, 0.4) is 0 Å². The number of carbonyl (C=O) groups is 1. The number of thiophene rings is 1. The van der Waals surface area contributed by atoms with E-state index in [1.54, 1.807) is 11.3 Å². The summed E-state index contributed by atoms with van der Waals surface area (Å²) in [6, 6.07) is 3.85. The van der Waals surface area contributed by atoms with Crippen molar-refractivity contribution in [2.24, 2.45) is 5.92 Å². The maximum Gasteiger partial charge on any atom is 0.247 e. The Hall–Kier alpha value is -2.15. The molecule has 0 aromatic carbocycles. The van der Waals surface area contributed by atoms with Crippen LogP contribution in [0.4, 0.5) is 17.3 Å². The second kappa shape index (κ2) is 5.92. The number of nitrogens with zero attached hydrogens (tertiary/aromatic N) is 3. The van der Waals surface area contributed by atoms with E-state index in [2.05, 4.69) is 32.0 Å². The highest BCUT2D eigenvalue weighted by Crippen LogP contribution is 2.34. The molecule has 6 nitrogen and oxygen atoms in total. The van der Waals surface area contributed by atoms with Crippen molar-refractivity contribution in [2.75, 3.05) is 22.6 Å². The summed E-state index contributed by atoms with van der Waals surface area (Å²) in [7, 11) is 1.96. The van der Waals surface area contributed by atoms with Crippen LogP contribution in [0, 0.1) is 5.92 Å². The van der Waals surface area contributed by atoms with Crippen molar-refractivity contribution in [1.29, 1.82) is 0 Å². The molecule has 1 aliphatic rings. The predicted octanol–water partition coefficient (Wildman–Crippen LogP) is 2.56. The van der Waals surface area contributed by atoms with Crippen LogP contribution in [0.5, 0.6) is 0 Å². The molecule has 0 aliphatic carbocycles. The highest BCUT2D eigenvalue weighted by Gasteiger charge is 2.31. The van der Waals surface area contributed by atoms with E-state index in [0.29, 0.717) is 11.5 Å². The Morgan fingerprint density at radius 2 is 2.23 bits per heavy atom. The lowest BCUT2D eigenvalue weighted by molar-refractivity contribution is -0.117. The normalized spacial score (nSPS) is 16.9. The molecule has 1 aliphatic heterocycles. The van der Waals surface area contributed by atoms with Gasteiger partial charge < -0.3 is 15.5 Å². The Balaban J connectivity index is 1.88. The van der Waals surface area contributed by atoms with Crippen LogP contribution in [0.25, 0.3) is 0 Å². The molecule has 1 amide bonds. The fourth-order valence-corrected chi connectivity index (χ4v) is 3.24. The molecule has 3 heterocycles. The van der Waals surface area contributed by atoms with E-state index in [-0.39, 0.29) is 17.9 Å². The summed E-state index contributed by atoms with van der Waals surface area (Å²) >= 11 is 1.70. The molecule has 0 fully saturated rings. The van der Waals surface area contributed by atoms with Gasteiger partial charge in [0.2, 0.25) is 5.91 Å². The van der Waals surface area contributed by atoms with Crippen LogP contribution < -0.4 is 15.5 Å². The highest BCUT2D eigenvalue weighted by atomic mass is 32.1. The van der Waals surface area contributed by atoms with Gasteiger partial charge in [0, 0.05) is 11.9 Å². The lowest BCUT2D eigenvalue weighted by Gasteiger charge is -2.30. The van der Waals surface area contributed by atoms with Crippen LogP contribution in [0.2, 0.25) is 0 Å². The Labute approximate surface area is 133 Å². The van der Waals surface area contributed by atoms with Gasteiger partial charge in [-0.3, -0.25) is 4.79 Å². The Bertz CT molecular complexity index is 671. The van der Waals surface area contributed by atoms with Crippen molar-refractivity contribution in [2.45, 2.75) is 26.4 Å². The molecular formula is C15H19N5OS. The van der Waals surface area contributed by atoms with Crippen LogP contribution in [0.15, 0.2) is 23.8 Å². The average Bonchev–Trinajstić information content (AvgIpc) is 2.98. The third kappa shape index (κ3) is 2.76. The number of aromatic nitrogens is 2. The molecule has 1 unspecified atom stereocenters. The zero-order valence-corrected chi connectivity index (χ0v) is 13.6. The summed E-state index contributed by atoms with van der Waals surface area (Å²) in [6.45, 7) is 4.76. The van der Waals surface area contributed by atoms with Gasteiger partial charge in [-0.1, -0.05) is 19.9 Å². The summed E-state index contributed by atoms with van der Waals surface area (Å²) in [5.41, 5.74) is 0.656. The zero-order valence-electron chi connectivity index (χ0n) is 12.8. The lowest BCUT2D eigenvalue weighted by atomic mass is 10.0. The maximum atomic E-state index is 12.2. The van der Waals surface area contributed by atoms with Crippen LogP contribution in [0.1, 0.15) is 18.7 Å². The molecule has 0 bridgehead atoms. The largest absolute Gasteiger partial charge is 0.356 e. The summed E-state index contributed by atoms with van der Waals surface area (Å²) in [6.07, 6.45) is 1.53. The molecule has 2 aromatic heterocycles. The fourth-order valence-electron chi connectivity index (χ4n) is 2.48. The first kappa shape index (κ1) is 14.8. The van der Waals surface area contributed by atoms with Crippen molar-refractivity contribution in [1.82, 2.24) is 9.97 Å². The molecule has 116 valence electrons. The zero-order chi connectivity index (χ0) is 15.7. The summed E-state index contributed by atoms with van der Waals surface area (Å²) in [5, 5.41) is 8.22. The van der Waals surface area contributed by atoms with E-state index in [1.165, 1.54) is 11.2 Å². The number of rotatable bonds is 4. The maximum absolute atomic E-state index is 12.2. The van der Waals surface area contributed by atoms with E-state index < -0.39 is 0 Å². The molecule has 7 heteroatoms. The van der Waals surface area contributed by atoms with Crippen molar-refractivity contribution in [3.8, 4) is 0 Å². The van der Waals surface area contributed by atoms with Gasteiger partial charge in [-0.15, -0.1) is 11.3 Å². The minimum Gasteiger partial charge on any atom is -0.356 e. The quantitative estimate of drug-likeness (QED) is 0.907. The number of amides is 1. The molecule has 0 radical (unpaired) electrons. The number of anilines is 3. The van der Waals surface area contributed by atoms with Gasteiger partial charge >= 0.3 is 0 Å². The average molecular weight is 317 g/mol. The molecule has 3 rings (SSSR count). The molecule has 1 atom stereocenters. The van der Waals surface area contributed by atoms with Crippen LogP contribution in [-0.4, -0.2) is 29.0 Å². The Kier molecular flexibility index (Phi) is 3.98. The van der Waals surface area contributed by atoms with Gasteiger partial charge in [-0.2, -0.15) is 0 Å². The summed E-state index contributed by atoms with van der Waals surface area (Å²) in [5.74, 6) is 1.56. The highest BCUT2D eigenvalue weighted by molar-refractivity contribution is 7.09. The van der Waals surface area contributed by atoms with E-state index in [9.17, 15) is 4.79 Å². The topological polar surface area (TPSA) is 70.2 Å². The third-order valence-corrected chi connectivity index (χ3v) is 4.51. The SMILES string of the molecule is CC(C)C1Nc2ncnc(N(C)Cc3cccs3)c2NC1=O. The molecule has 0 saturated heterocycles. The van der Waals surface area contributed by atoms with Crippen molar-refractivity contribution in [3.05, 3.63) is 28.7 Å². The first-order valence-electron chi connectivity index (χ1n) is 7.22. The number of hydrogen-bond acceptors (Lipinski definition) is 6. The van der Waals surface area contributed by atoms with Gasteiger partial charge in [0.05, 0.1) is 6.54 Å².